The summed E-state index contributed by atoms with van der Waals surface area (Å²) in [4.78, 5) is 28.0. The zero-order chi connectivity index (χ0) is 16.6. The van der Waals surface area contributed by atoms with Gasteiger partial charge in [-0.25, -0.2) is 4.98 Å². The Balaban J connectivity index is 1.90. The SMILES string of the molecule is CC(C)(C(=O)O)C(=O)c1ccc(-n2cnc3c2CCCC3)cc1. The van der Waals surface area contributed by atoms with Crippen LogP contribution in [0.25, 0.3) is 5.69 Å². The van der Waals surface area contributed by atoms with E-state index >= 15 is 0 Å². The maximum atomic E-state index is 12.3. The normalized spacial score (nSPS) is 14.3. The summed E-state index contributed by atoms with van der Waals surface area (Å²) in [5.74, 6) is -1.50. The third-order valence-corrected chi connectivity index (χ3v) is 4.54. The van der Waals surface area contributed by atoms with Crippen LogP contribution in [0.15, 0.2) is 30.6 Å². The van der Waals surface area contributed by atoms with E-state index in [1.54, 1.807) is 12.1 Å². The van der Waals surface area contributed by atoms with E-state index < -0.39 is 11.4 Å². The molecule has 5 heteroatoms. The van der Waals surface area contributed by atoms with Crippen LogP contribution in [0.3, 0.4) is 0 Å². The molecule has 1 aliphatic rings. The van der Waals surface area contributed by atoms with Crippen LogP contribution in [0.4, 0.5) is 0 Å². The van der Waals surface area contributed by atoms with Crippen molar-refractivity contribution in [2.75, 3.05) is 0 Å². The number of aromatic nitrogens is 2. The standard InChI is InChI=1S/C18H20N2O3/c1-18(2,17(22)23)16(21)12-7-9-13(10-8-12)20-11-19-14-5-3-4-6-15(14)20/h7-11H,3-6H2,1-2H3,(H,22,23). The van der Waals surface area contributed by atoms with Crippen molar-refractivity contribution in [3.8, 4) is 5.69 Å². The number of nitrogens with zero attached hydrogens (tertiary/aromatic N) is 2. The molecule has 0 amide bonds. The molecule has 0 saturated carbocycles. The van der Waals surface area contributed by atoms with Gasteiger partial charge in [-0.15, -0.1) is 0 Å². The number of carbonyl (C=O) groups excluding carboxylic acids is 1. The number of hydrogen-bond donors (Lipinski definition) is 1. The Morgan fingerprint density at radius 1 is 1.13 bits per heavy atom. The van der Waals surface area contributed by atoms with E-state index in [4.69, 9.17) is 0 Å². The molecular formula is C18H20N2O3. The van der Waals surface area contributed by atoms with Crippen LogP contribution in [0.5, 0.6) is 0 Å². The number of ketones is 1. The van der Waals surface area contributed by atoms with E-state index in [1.165, 1.54) is 32.4 Å². The topological polar surface area (TPSA) is 72.2 Å². The second-order valence-electron chi connectivity index (χ2n) is 6.52. The lowest BCUT2D eigenvalue weighted by Gasteiger charge is -2.18. The van der Waals surface area contributed by atoms with Crippen molar-refractivity contribution in [3.05, 3.63) is 47.5 Å². The molecule has 3 rings (SSSR count). The summed E-state index contributed by atoms with van der Waals surface area (Å²) in [6.07, 6.45) is 6.21. The van der Waals surface area contributed by atoms with Gasteiger partial charge in [0.15, 0.2) is 5.78 Å². The number of rotatable bonds is 4. The Labute approximate surface area is 135 Å². The number of aryl methyl sites for hydroxylation is 1. The lowest BCUT2D eigenvalue weighted by Crippen LogP contribution is -2.33. The molecular weight excluding hydrogens is 292 g/mol. The van der Waals surface area contributed by atoms with Gasteiger partial charge in [0.25, 0.3) is 0 Å². The molecule has 120 valence electrons. The van der Waals surface area contributed by atoms with E-state index in [0.717, 1.165) is 24.2 Å². The number of fused-ring (bicyclic) bond motifs is 1. The van der Waals surface area contributed by atoms with Gasteiger partial charge in [0, 0.05) is 16.9 Å². The van der Waals surface area contributed by atoms with Crippen molar-refractivity contribution >= 4 is 11.8 Å². The predicted octanol–water partition coefficient (Wildman–Crippen LogP) is 3.04. The number of hydrogen-bond acceptors (Lipinski definition) is 3. The van der Waals surface area contributed by atoms with Crippen molar-refractivity contribution in [1.29, 1.82) is 0 Å². The second kappa shape index (κ2) is 5.65. The molecule has 1 aromatic heterocycles. The van der Waals surface area contributed by atoms with Gasteiger partial charge in [0.05, 0.1) is 12.0 Å². The molecule has 5 nitrogen and oxygen atoms in total. The zero-order valence-corrected chi connectivity index (χ0v) is 13.4. The first-order valence-electron chi connectivity index (χ1n) is 7.85. The van der Waals surface area contributed by atoms with Crippen LogP contribution >= 0.6 is 0 Å². The number of imidazole rings is 1. The quantitative estimate of drug-likeness (QED) is 0.695. The molecule has 1 heterocycles. The molecule has 0 aliphatic heterocycles. The Hall–Kier alpha value is -2.43. The third kappa shape index (κ3) is 2.67. The molecule has 0 atom stereocenters. The molecule has 0 bridgehead atoms. The maximum Gasteiger partial charge on any atom is 0.316 e. The fraction of sp³-hybridized carbons (Fsp3) is 0.389. The average Bonchev–Trinajstić information content (AvgIpc) is 2.98. The van der Waals surface area contributed by atoms with Crippen molar-refractivity contribution in [2.24, 2.45) is 5.41 Å². The minimum atomic E-state index is -1.42. The van der Waals surface area contributed by atoms with Crippen LogP contribution in [0.2, 0.25) is 0 Å². The third-order valence-electron chi connectivity index (χ3n) is 4.54. The molecule has 1 N–H and O–H groups in total. The summed E-state index contributed by atoms with van der Waals surface area (Å²) < 4.78 is 2.06. The highest BCUT2D eigenvalue weighted by Crippen LogP contribution is 2.25. The van der Waals surface area contributed by atoms with Gasteiger partial charge in [0.2, 0.25) is 0 Å². The lowest BCUT2D eigenvalue weighted by atomic mass is 9.84. The number of aliphatic carboxylic acids is 1. The highest BCUT2D eigenvalue weighted by Gasteiger charge is 2.36. The van der Waals surface area contributed by atoms with Gasteiger partial charge in [-0.2, -0.15) is 0 Å². The fourth-order valence-electron chi connectivity index (χ4n) is 2.92. The molecule has 0 spiro atoms. The highest BCUT2D eigenvalue weighted by atomic mass is 16.4. The Bertz CT molecular complexity index is 757. The van der Waals surface area contributed by atoms with E-state index in [1.807, 2.05) is 18.5 Å². The molecule has 1 aliphatic carbocycles. The van der Waals surface area contributed by atoms with Crippen LogP contribution < -0.4 is 0 Å². The van der Waals surface area contributed by atoms with Crippen molar-refractivity contribution in [1.82, 2.24) is 9.55 Å². The van der Waals surface area contributed by atoms with Gasteiger partial charge in [0.1, 0.15) is 5.41 Å². The summed E-state index contributed by atoms with van der Waals surface area (Å²) in [7, 11) is 0. The molecule has 0 fully saturated rings. The number of carbonyl (C=O) groups is 2. The smallest absolute Gasteiger partial charge is 0.316 e. The zero-order valence-electron chi connectivity index (χ0n) is 13.4. The first-order valence-corrected chi connectivity index (χ1v) is 7.85. The van der Waals surface area contributed by atoms with Crippen LogP contribution in [0, 0.1) is 5.41 Å². The Morgan fingerprint density at radius 2 is 1.78 bits per heavy atom. The summed E-state index contributed by atoms with van der Waals surface area (Å²) in [5, 5.41) is 9.18. The van der Waals surface area contributed by atoms with E-state index in [0.29, 0.717) is 5.56 Å². The first kappa shape index (κ1) is 15.5. The maximum absolute atomic E-state index is 12.3. The minimum absolute atomic E-state index is 0.385. The molecule has 0 radical (unpaired) electrons. The van der Waals surface area contributed by atoms with Crippen LogP contribution in [-0.2, 0) is 17.6 Å². The van der Waals surface area contributed by atoms with Gasteiger partial charge in [-0.05, 0) is 63.8 Å². The van der Waals surface area contributed by atoms with E-state index in [9.17, 15) is 14.7 Å². The Morgan fingerprint density at radius 3 is 2.43 bits per heavy atom. The first-order chi connectivity index (χ1) is 10.9. The van der Waals surface area contributed by atoms with Gasteiger partial charge < -0.3 is 9.67 Å². The van der Waals surface area contributed by atoms with E-state index in [-0.39, 0.29) is 5.78 Å². The lowest BCUT2D eigenvalue weighted by molar-refractivity contribution is -0.144. The minimum Gasteiger partial charge on any atom is -0.481 e. The highest BCUT2D eigenvalue weighted by molar-refractivity contribution is 6.11. The molecule has 0 saturated heterocycles. The number of carboxylic acids is 1. The molecule has 23 heavy (non-hydrogen) atoms. The summed E-state index contributed by atoms with van der Waals surface area (Å²) in [5.41, 5.74) is 2.33. The van der Waals surface area contributed by atoms with Gasteiger partial charge >= 0.3 is 5.97 Å². The van der Waals surface area contributed by atoms with E-state index in [2.05, 4.69) is 9.55 Å². The van der Waals surface area contributed by atoms with Crippen LogP contribution in [-0.4, -0.2) is 26.4 Å². The number of Topliss-reactive ketones (excluding diaryl/α,β-unsaturated/α-hetero) is 1. The van der Waals surface area contributed by atoms with Crippen molar-refractivity contribution < 1.29 is 14.7 Å². The Kier molecular flexibility index (Phi) is 3.80. The van der Waals surface area contributed by atoms with Gasteiger partial charge in [-0.3, -0.25) is 9.59 Å². The average molecular weight is 312 g/mol. The molecule has 2 aromatic rings. The second-order valence-corrected chi connectivity index (χ2v) is 6.52. The van der Waals surface area contributed by atoms with Crippen LogP contribution in [0.1, 0.15) is 48.4 Å². The van der Waals surface area contributed by atoms with Crippen molar-refractivity contribution in [3.63, 3.8) is 0 Å². The van der Waals surface area contributed by atoms with Gasteiger partial charge in [-0.1, -0.05) is 0 Å². The summed E-state index contributed by atoms with van der Waals surface area (Å²) in [6.45, 7) is 2.86. The number of carboxylic acid groups (broad SMARTS) is 1. The molecule has 1 aromatic carbocycles. The predicted molar refractivity (Wildman–Crippen MR) is 86.0 cm³/mol. The summed E-state index contributed by atoms with van der Waals surface area (Å²) in [6, 6.07) is 7.08. The van der Waals surface area contributed by atoms with Crippen molar-refractivity contribution in [2.45, 2.75) is 39.5 Å². The largest absolute Gasteiger partial charge is 0.481 e. The summed E-state index contributed by atoms with van der Waals surface area (Å²) >= 11 is 0. The fourth-order valence-corrected chi connectivity index (χ4v) is 2.92. The monoisotopic (exact) mass is 312 g/mol. The number of benzene rings is 1. The molecule has 0 unspecified atom stereocenters.